The minimum Gasteiger partial charge on any atom is -0.497 e. The molecule has 7 heteroatoms. The van der Waals surface area contributed by atoms with Crippen molar-refractivity contribution in [3.8, 4) is 17.2 Å². The summed E-state index contributed by atoms with van der Waals surface area (Å²) >= 11 is 0. The van der Waals surface area contributed by atoms with E-state index in [4.69, 9.17) is 14.9 Å². The van der Waals surface area contributed by atoms with Gasteiger partial charge in [0.1, 0.15) is 23.4 Å². The third-order valence-electron chi connectivity index (χ3n) is 4.78. The number of nitrogens with zero attached hydrogens (tertiary/aromatic N) is 1. The summed E-state index contributed by atoms with van der Waals surface area (Å²) in [6, 6.07) is 20.2. The maximum Gasteiger partial charge on any atom is 0.244 e. The number of methoxy groups -OCH3 is 1. The molecule has 0 saturated carbocycles. The Bertz CT molecular complexity index is 1160. The number of carbonyl (C=O) groups is 1. The molecule has 0 aliphatic carbocycles. The van der Waals surface area contributed by atoms with Gasteiger partial charge in [-0.2, -0.15) is 0 Å². The average molecular weight is 403 g/mol. The number of aliphatic hydroxyl groups is 1. The van der Waals surface area contributed by atoms with Crippen molar-refractivity contribution in [2.75, 3.05) is 12.4 Å². The fourth-order valence-corrected chi connectivity index (χ4v) is 3.09. The molecule has 152 valence electrons. The van der Waals surface area contributed by atoms with Crippen molar-refractivity contribution in [1.29, 1.82) is 0 Å². The lowest BCUT2D eigenvalue weighted by molar-refractivity contribution is -0.119. The molecule has 2 atom stereocenters. The normalized spacial score (nSPS) is 13.0. The fourth-order valence-electron chi connectivity index (χ4n) is 3.09. The number of benzene rings is 3. The number of hydrogen-bond acceptors (Lipinski definition) is 6. The van der Waals surface area contributed by atoms with Crippen LogP contribution in [0.5, 0.6) is 5.75 Å². The number of hydrogen-bond donors (Lipinski definition) is 3. The third kappa shape index (κ3) is 4.03. The Balaban J connectivity index is 1.51. The number of oxazole rings is 1. The maximum absolute atomic E-state index is 12.5. The number of fused-ring (bicyclic) bond motifs is 1. The molecule has 0 saturated heterocycles. The summed E-state index contributed by atoms with van der Waals surface area (Å²) in [5.74, 6) is 0.714. The number of nitrogens with one attached hydrogen (secondary N) is 1. The van der Waals surface area contributed by atoms with Gasteiger partial charge in [0, 0.05) is 11.3 Å². The second-order valence-corrected chi connectivity index (χ2v) is 6.80. The van der Waals surface area contributed by atoms with Crippen LogP contribution in [0.3, 0.4) is 0 Å². The van der Waals surface area contributed by atoms with Crippen molar-refractivity contribution in [3.63, 3.8) is 0 Å². The van der Waals surface area contributed by atoms with E-state index >= 15 is 0 Å². The zero-order valence-corrected chi connectivity index (χ0v) is 16.3. The highest BCUT2D eigenvalue weighted by Gasteiger charge is 2.24. The van der Waals surface area contributed by atoms with Crippen LogP contribution in [0.15, 0.2) is 77.2 Å². The molecule has 4 N–H and O–H groups in total. The molecule has 0 aliphatic rings. The zero-order chi connectivity index (χ0) is 21.1. The highest BCUT2D eigenvalue weighted by molar-refractivity contribution is 5.96. The van der Waals surface area contributed by atoms with Crippen LogP contribution in [-0.2, 0) is 4.79 Å². The van der Waals surface area contributed by atoms with Crippen LogP contribution in [0.1, 0.15) is 11.7 Å². The zero-order valence-electron chi connectivity index (χ0n) is 16.3. The summed E-state index contributed by atoms with van der Waals surface area (Å²) in [7, 11) is 1.61. The quantitative estimate of drug-likeness (QED) is 0.454. The molecule has 0 aliphatic heterocycles. The van der Waals surface area contributed by atoms with Crippen molar-refractivity contribution < 1.29 is 19.1 Å². The first-order valence-corrected chi connectivity index (χ1v) is 9.39. The van der Waals surface area contributed by atoms with Gasteiger partial charge in [-0.3, -0.25) is 4.79 Å². The van der Waals surface area contributed by atoms with Crippen LogP contribution in [0.4, 0.5) is 5.69 Å². The molecule has 7 nitrogen and oxygen atoms in total. The van der Waals surface area contributed by atoms with Gasteiger partial charge in [-0.05, 0) is 48.0 Å². The molecule has 0 unspecified atom stereocenters. The molecular formula is C23H21N3O4. The van der Waals surface area contributed by atoms with Crippen molar-refractivity contribution in [3.05, 3.63) is 78.4 Å². The minimum absolute atomic E-state index is 0.465. The summed E-state index contributed by atoms with van der Waals surface area (Å²) in [5, 5.41) is 13.1. The lowest BCUT2D eigenvalue weighted by Gasteiger charge is -2.18. The Hall–Kier alpha value is -3.68. The molecule has 0 bridgehead atoms. The molecule has 30 heavy (non-hydrogen) atoms. The Morgan fingerprint density at radius 1 is 1.10 bits per heavy atom. The highest BCUT2D eigenvalue weighted by Crippen LogP contribution is 2.27. The van der Waals surface area contributed by atoms with Gasteiger partial charge in [-0.15, -0.1) is 0 Å². The van der Waals surface area contributed by atoms with Crippen molar-refractivity contribution in [2.45, 2.75) is 12.1 Å². The van der Waals surface area contributed by atoms with Gasteiger partial charge >= 0.3 is 0 Å². The van der Waals surface area contributed by atoms with Crippen LogP contribution in [-0.4, -0.2) is 29.1 Å². The van der Waals surface area contributed by atoms with Gasteiger partial charge in [-0.1, -0.05) is 30.3 Å². The van der Waals surface area contributed by atoms with Crippen LogP contribution in [0.2, 0.25) is 0 Å². The predicted molar refractivity (Wildman–Crippen MR) is 114 cm³/mol. The van der Waals surface area contributed by atoms with Gasteiger partial charge in [0.15, 0.2) is 5.58 Å². The number of carbonyl (C=O) groups excluding carboxylic acids is 1. The Morgan fingerprint density at radius 2 is 1.83 bits per heavy atom. The molecule has 1 heterocycles. The van der Waals surface area contributed by atoms with Crippen molar-refractivity contribution >= 4 is 22.7 Å². The first kappa shape index (κ1) is 19.6. The highest BCUT2D eigenvalue weighted by atomic mass is 16.5. The number of rotatable bonds is 6. The van der Waals surface area contributed by atoms with E-state index in [0.717, 1.165) is 11.3 Å². The minimum atomic E-state index is -1.12. The van der Waals surface area contributed by atoms with E-state index in [1.807, 2.05) is 30.3 Å². The predicted octanol–water partition coefficient (Wildman–Crippen LogP) is 3.50. The van der Waals surface area contributed by atoms with E-state index in [9.17, 15) is 9.90 Å². The van der Waals surface area contributed by atoms with Crippen LogP contribution >= 0.6 is 0 Å². The summed E-state index contributed by atoms with van der Waals surface area (Å²) in [4.78, 5) is 17.0. The molecule has 1 aromatic heterocycles. The average Bonchev–Trinajstić information content (AvgIpc) is 3.22. The second kappa shape index (κ2) is 8.36. The summed E-state index contributed by atoms with van der Waals surface area (Å²) in [6.45, 7) is 0. The molecular weight excluding hydrogens is 382 g/mol. The summed E-state index contributed by atoms with van der Waals surface area (Å²) < 4.78 is 11.0. The second-order valence-electron chi connectivity index (χ2n) is 6.80. The van der Waals surface area contributed by atoms with Crippen molar-refractivity contribution in [2.24, 2.45) is 5.73 Å². The number of ether oxygens (including phenoxy) is 1. The monoisotopic (exact) mass is 403 g/mol. The topological polar surface area (TPSA) is 111 Å². The molecule has 0 fully saturated rings. The van der Waals surface area contributed by atoms with Crippen LogP contribution < -0.4 is 15.8 Å². The first-order valence-electron chi connectivity index (χ1n) is 9.39. The van der Waals surface area contributed by atoms with E-state index in [0.29, 0.717) is 28.2 Å². The molecule has 4 aromatic rings. The van der Waals surface area contributed by atoms with Crippen molar-refractivity contribution in [1.82, 2.24) is 4.98 Å². The first-order chi connectivity index (χ1) is 14.5. The van der Waals surface area contributed by atoms with E-state index in [1.54, 1.807) is 49.6 Å². The van der Waals surface area contributed by atoms with E-state index in [1.165, 1.54) is 0 Å². The molecule has 0 radical (unpaired) electrons. The largest absolute Gasteiger partial charge is 0.497 e. The summed E-state index contributed by atoms with van der Waals surface area (Å²) in [5.41, 5.74) is 9.04. The Kier molecular flexibility index (Phi) is 5.47. The number of amides is 1. The number of aliphatic hydroxyl groups excluding tert-OH is 1. The molecule has 3 aromatic carbocycles. The molecule has 1 amide bonds. The standard InChI is InChI=1S/C23H21N3O4/c1-29-17-10-7-15(8-11-17)23-26-18-13-16(9-12-19(18)30-23)25-22(28)20(24)21(27)14-5-3-2-4-6-14/h2-13,20-21,27H,24H2,1H3,(H,25,28)/t20-,21+/m1/s1. The number of anilines is 1. The number of aromatic nitrogens is 1. The van der Waals surface area contributed by atoms with E-state index in [2.05, 4.69) is 10.3 Å². The van der Waals surface area contributed by atoms with Crippen LogP contribution in [0.25, 0.3) is 22.6 Å². The molecule has 0 spiro atoms. The van der Waals surface area contributed by atoms with E-state index in [-0.39, 0.29) is 0 Å². The van der Waals surface area contributed by atoms with Gasteiger partial charge < -0.3 is 25.3 Å². The van der Waals surface area contributed by atoms with Gasteiger partial charge in [-0.25, -0.2) is 4.98 Å². The lowest BCUT2D eigenvalue weighted by atomic mass is 10.0. The smallest absolute Gasteiger partial charge is 0.244 e. The maximum atomic E-state index is 12.5. The van der Waals surface area contributed by atoms with Gasteiger partial charge in [0.05, 0.1) is 7.11 Å². The van der Waals surface area contributed by atoms with Crippen LogP contribution in [0, 0.1) is 0 Å². The Labute approximate surface area is 173 Å². The fraction of sp³-hybridized carbons (Fsp3) is 0.130. The van der Waals surface area contributed by atoms with Gasteiger partial charge in [0.25, 0.3) is 0 Å². The van der Waals surface area contributed by atoms with E-state index < -0.39 is 18.1 Å². The SMILES string of the molecule is COc1ccc(-c2nc3cc(NC(=O)[C@H](N)[C@@H](O)c4ccccc4)ccc3o2)cc1. The third-order valence-corrected chi connectivity index (χ3v) is 4.78. The number of nitrogens with two attached hydrogens (primary N) is 1. The molecule has 4 rings (SSSR count). The lowest BCUT2D eigenvalue weighted by Crippen LogP contribution is -2.40. The summed E-state index contributed by atoms with van der Waals surface area (Å²) in [6.07, 6.45) is -1.11. The van der Waals surface area contributed by atoms with Gasteiger partial charge in [0.2, 0.25) is 11.8 Å². The Morgan fingerprint density at radius 3 is 2.53 bits per heavy atom.